The topological polar surface area (TPSA) is 63.3 Å². The summed E-state index contributed by atoms with van der Waals surface area (Å²) in [6.07, 6.45) is 0.0899. The molecule has 1 aromatic rings. The fourth-order valence-electron chi connectivity index (χ4n) is 1.03. The molecule has 0 aromatic heterocycles. The first-order valence-corrected chi connectivity index (χ1v) is 3.86. The highest BCUT2D eigenvalue weighted by atomic mass is 19.1. The van der Waals surface area contributed by atoms with Crippen LogP contribution in [-0.2, 0) is 11.2 Å². The van der Waals surface area contributed by atoms with E-state index in [4.69, 9.17) is 10.8 Å². The number of halogens is 1. The highest BCUT2D eigenvalue weighted by Gasteiger charge is 2.06. The zero-order valence-corrected chi connectivity index (χ0v) is 6.96. The van der Waals surface area contributed by atoms with Gasteiger partial charge in [-0.3, -0.25) is 4.79 Å². The van der Waals surface area contributed by atoms with Gasteiger partial charge in [0, 0.05) is 6.42 Å². The van der Waals surface area contributed by atoms with E-state index in [1.54, 1.807) is 6.07 Å². The van der Waals surface area contributed by atoms with Crippen molar-refractivity contribution in [2.75, 3.05) is 5.73 Å². The first-order valence-electron chi connectivity index (χ1n) is 3.86. The summed E-state index contributed by atoms with van der Waals surface area (Å²) in [6.45, 7) is 0. The lowest BCUT2D eigenvalue weighted by atomic mass is 10.1. The lowest BCUT2D eigenvalue weighted by molar-refractivity contribution is -0.136. The van der Waals surface area contributed by atoms with Gasteiger partial charge in [0.2, 0.25) is 0 Å². The molecule has 0 saturated heterocycles. The van der Waals surface area contributed by atoms with Gasteiger partial charge in [-0.1, -0.05) is 12.1 Å². The van der Waals surface area contributed by atoms with Crippen molar-refractivity contribution in [3.63, 3.8) is 0 Å². The zero-order valence-electron chi connectivity index (χ0n) is 6.96. The molecule has 1 aromatic carbocycles. The number of carboxylic acids is 1. The molecule has 3 N–H and O–H groups in total. The fourth-order valence-corrected chi connectivity index (χ4v) is 1.03. The highest BCUT2D eigenvalue weighted by molar-refractivity contribution is 5.67. The zero-order chi connectivity index (χ0) is 9.84. The van der Waals surface area contributed by atoms with Crippen molar-refractivity contribution < 1.29 is 14.3 Å². The standard InChI is InChI=1S/C9H10FNO2/c10-9-6(4-5-8(12)13)2-1-3-7(9)11/h1-3H,4-5,11H2,(H,12,13). The summed E-state index contributed by atoms with van der Waals surface area (Å²) in [4.78, 5) is 10.2. The molecule has 0 atom stereocenters. The molecule has 0 amide bonds. The Hall–Kier alpha value is -1.58. The molecule has 0 saturated carbocycles. The van der Waals surface area contributed by atoms with Crippen LogP contribution in [0.5, 0.6) is 0 Å². The second-order valence-corrected chi connectivity index (χ2v) is 2.71. The monoisotopic (exact) mass is 183 g/mol. The van der Waals surface area contributed by atoms with Gasteiger partial charge < -0.3 is 10.8 Å². The Bertz CT molecular complexity index is 325. The fraction of sp³-hybridized carbons (Fsp3) is 0.222. The first kappa shape index (κ1) is 9.51. The molecule has 0 radical (unpaired) electrons. The van der Waals surface area contributed by atoms with Crippen molar-refractivity contribution in [2.45, 2.75) is 12.8 Å². The summed E-state index contributed by atoms with van der Waals surface area (Å²) in [5.74, 6) is -1.45. The van der Waals surface area contributed by atoms with E-state index >= 15 is 0 Å². The molecule has 0 aliphatic rings. The lowest BCUT2D eigenvalue weighted by Gasteiger charge is -2.02. The molecule has 0 aliphatic heterocycles. The largest absolute Gasteiger partial charge is 0.481 e. The Balaban J connectivity index is 2.77. The molecule has 0 unspecified atom stereocenters. The summed E-state index contributed by atoms with van der Waals surface area (Å²) in [7, 11) is 0. The number of nitrogen functional groups attached to an aromatic ring is 1. The van der Waals surface area contributed by atoms with Gasteiger partial charge in [-0.15, -0.1) is 0 Å². The summed E-state index contributed by atoms with van der Waals surface area (Å²) < 4.78 is 13.1. The maximum Gasteiger partial charge on any atom is 0.303 e. The molecule has 0 aliphatic carbocycles. The molecule has 13 heavy (non-hydrogen) atoms. The Morgan fingerprint density at radius 2 is 2.23 bits per heavy atom. The van der Waals surface area contributed by atoms with Crippen LogP contribution in [0.15, 0.2) is 18.2 Å². The average molecular weight is 183 g/mol. The summed E-state index contributed by atoms with van der Waals surface area (Å²) in [5, 5.41) is 8.38. The second-order valence-electron chi connectivity index (χ2n) is 2.71. The van der Waals surface area contributed by atoms with Gasteiger partial charge in [-0.25, -0.2) is 4.39 Å². The quantitative estimate of drug-likeness (QED) is 0.696. The minimum atomic E-state index is -0.943. The number of rotatable bonds is 3. The lowest BCUT2D eigenvalue weighted by Crippen LogP contribution is -2.01. The molecule has 0 bridgehead atoms. The number of aliphatic carboxylic acids is 1. The maximum absolute atomic E-state index is 13.1. The molecule has 0 fully saturated rings. The van der Waals surface area contributed by atoms with Crippen LogP contribution in [0.25, 0.3) is 0 Å². The van der Waals surface area contributed by atoms with Crippen LogP contribution in [0.1, 0.15) is 12.0 Å². The van der Waals surface area contributed by atoms with Gasteiger partial charge in [0.15, 0.2) is 0 Å². The first-order chi connectivity index (χ1) is 6.11. The molecular formula is C9H10FNO2. The van der Waals surface area contributed by atoms with Gasteiger partial charge in [0.1, 0.15) is 5.82 Å². The smallest absolute Gasteiger partial charge is 0.303 e. The van der Waals surface area contributed by atoms with Crippen LogP contribution in [-0.4, -0.2) is 11.1 Å². The number of carboxylic acid groups (broad SMARTS) is 1. The van der Waals surface area contributed by atoms with Crippen LogP contribution in [0.3, 0.4) is 0 Å². The van der Waals surface area contributed by atoms with Gasteiger partial charge in [0.05, 0.1) is 5.69 Å². The summed E-state index contributed by atoms with van der Waals surface area (Å²) >= 11 is 0. The third-order valence-electron chi connectivity index (χ3n) is 1.72. The summed E-state index contributed by atoms with van der Waals surface area (Å²) in [5.41, 5.74) is 5.71. The predicted molar refractivity (Wildman–Crippen MR) is 46.8 cm³/mol. The van der Waals surface area contributed by atoms with Crippen molar-refractivity contribution in [3.8, 4) is 0 Å². The van der Waals surface area contributed by atoms with Crippen molar-refractivity contribution >= 4 is 11.7 Å². The molecule has 3 nitrogen and oxygen atoms in total. The minimum Gasteiger partial charge on any atom is -0.481 e. The van der Waals surface area contributed by atoms with Crippen LogP contribution in [0, 0.1) is 5.82 Å². The Morgan fingerprint density at radius 1 is 1.54 bits per heavy atom. The predicted octanol–water partition coefficient (Wildman–Crippen LogP) is 1.43. The van der Waals surface area contributed by atoms with Crippen LogP contribution >= 0.6 is 0 Å². The number of hydrogen-bond acceptors (Lipinski definition) is 2. The third-order valence-corrected chi connectivity index (χ3v) is 1.72. The Kier molecular flexibility index (Phi) is 2.84. The van der Waals surface area contributed by atoms with E-state index in [1.807, 2.05) is 0 Å². The average Bonchev–Trinajstić information content (AvgIpc) is 2.07. The van der Waals surface area contributed by atoms with Crippen LogP contribution in [0.4, 0.5) is 10.1 Å². The van der Waals surface area contributed by atoms with E-state index in [2.05, 4.69) is 0 Å². The van der Waals surface area contributed by atoms with Crippen molar-refractivity contribution in [1.82, 2.24) is 0 Å². The Labute approximate surface area is 75.0 Å². The SMILES string of the molecule is Nc1cccc(CCC(=O)O)c1F. The van der Waals surface area contributed by atoms with Gasteiger partial charge in [-0.05, 0) is 18.1 Å². The number of hydrogen-bond donors (Lipinski definition) is 2. The molecule has 1 rings (SSSR count). The number of anilines is 1. The van der Waals surface area contributed by atoms with Gasteiger partial charge >= 0.3 is 5.97 Å². The minimum absolute atomic E-state index is 0.0582. The number of aryl methyl sites for hydroxylation is 1. The number of nitrogens with two attached hydrogens (primary N) is 1. The maximum atomic E-state index is 13.1. The van der Waals surface area contributed by atoms with Gasteiger partial charge in [0.25, 0.3) is 0 Å². The second kappa shape index (κ2) is 3.89. The van der Waals surface area contributed by atoms with E-state index in [0.29, 0.717) is 5.56 Å². The third kappa shape index (κ3) is 2.43. The van der Waals surface area contributed by atoms with Crippen molar-refractivity contribution in [2.24, 2.45) is 0 Å². The van der Waals surface area contributed by atoms with Gasteiger partial charge in [-0.2, -0.15) is 0 Å². The summed E-state index contributed by atoms with van der Waals surface area (Å²) in [6, 6.07) is 4.59. The molecule has 0 spiro atoms. The van der Waals surface area contributed by atoms with Crippen molar-refractivity contribution in [1.29, 1.82) is 0 Å². The molecular weight excluding hydrogens is 173 g/mol. The molecule has 4 heteroatoms. The van der Waals surface area contributed by atoms with E-state index in [9.17, 15) is 9.18 Å². The normalized spacial score (nSPS) is 9.92. The van der Waals surface area contributed by atoms with Crippen molar-refractivity contribution in [3.05, 3.63) is 29.6 Å². The molecule has 0 heterocycles. The number of carbonyl (C=O) groups is 1. The van der Waals surface area contributed by atoms with E-state index in [-0.39, 0.29) is 18.5 Å². The van der Waals surface area contributed by atoms with E-state index < -0.39 is 11.8 Å². The number of benzene rings is 1. The van der Waals surface area contributed by atoms with E-state index in [0.717, 1.165) is 0 Å². The van der Waals surface area contributed by atoms with Crippen LogP contribution in [0.2, 0.25) is 0 Å². The Morgan fingerprint density at radius 3 is 2.85 bits per heavy atom. The highest BCUT2D eigenvalue weighted by Crippen LogP contribution is 2.15. The van der Waals surface area contributed by atoms with E-state index in [1.165, 1.54) is 12.1 Å². The van der Waals surface area contributed by atoms with Crippen LogP contribution < -0.4 is 5.73 Å². The molecule has 70 valence electrons.